The van der Waals surface area contributed by atoms with Crippen LogP contribution in [0.2, 0.25) is 0 Å². The van der Waals surface area contributed by atoms with Crippen molar-refractivity contribution in [3.8, 4) is 11.1 Å². The number of nitrogens with one attached hydrogen (secondary N) is 1. The van der Waals surface area contributed by atoms with Crippen molar-refractivity contribution in [1.82, 2.24) is 10.2 Å². The van der Waals surface area contributed by atoms with E-state index in [9.17, 15) is 9.59 Å². The maximum Gasteiger partial charge on any atom is 0.251 e. The van der Waals surface area contributed by atoms with E-state index in [0.29, 0.717) is 18.7 Å². The van der Waals surface area contributed by atoms with Crippen molar-refractivity contribution >= 4 is 11.8 Å². The van der Waals surface area contributed by atoms with Gasteiger partial charge in [-0.1, -0.05) is 66.7 Å². The van der Waals surface area contributed by atoms with E-state index in [0.717, 1.165) is 17.5 Å². The van der Waals surface area contributed by atoms with Gasteiger partial charge in [0.1, 0.15) is 6.04 Å². The summed E-state index contributed by atoms with van der Waals surface area (Å²) < 4.78 is 0. The van der Waals surface area contributed by atoms with Gasteiger partial charge < -0.3 is 10.2 Å². The summed E-state index contributed by atoms with van der Waals surface area (Å²) in [6, 6.07) is 25.1. The monoisotopic (exact) mass is 384 g/mol. The normalized spacial score (nSPS) is 14.0. The molecule has 0 radical (unpaired) electrons. The highest BCUT2D eigenvalue weighted by molar-refractivity contribution is 5.97. The van der Waals surface area contributed by atoms with Crippen molar-refractivity contribution in [3.05, 3.63) is 95.6 Å². The Morgan fingerprint density at radius 2 is 1.45 bits per heavy atom. The van der Waals surface area contributed by atoms with Crippen LogP contribution in [0.25, 0.3) is 11.1 Å². The zero-order chi connectivity index (χ0) is 20.2. The van der Waals surface area contributed by atoms with E-state index in [4.69, 9.17) is 0 Å². The number of nitrogens with zero attached hydrogens (tertiary/aromatic N) is 1. The van der Waals surface area contributed by atoms with Crippen molar-refractivity contribution < 1.29 is 9.59 Å². The number of carbonyl (C=O) groups is 2. The van der Waals surface area contributed by atoms with Crippen LogP contribution in [0.1, 0.15) is 28.4 Å². The molecule has 1 atom stereocenters. The van der Waals surface area contributed by atoms with Crippen LogP contribution in [-0.4, -0.2) is 29.3 Å². The molecule has 3 aromatic rings. The molecule has 4 rings (SSSR count). The predicted octanol–water partition coefficient (Wildman–Crippen LogP) is 4.06. The Bertz CT molecular complexity index is 1010. The number of hydrogen-bond donors (Lipinski definition) is 1. The smallest absolute Gasteiger partial charge is 0.251 e. The summed E-state index contributed by atoms with van der Waals surface area (Å²) >= 11 is 0. The predicted molar refractivity (Wildman–Crippen MR) is 114 cm³/mol. The average Bonchev–Trinajstić information content (AvgIpc) is 2.79. The van der Waals surface area contributed by atoms with Crippen LogP contribution >= 0.6 is 0 Å². The van der Waals surface area contributed by atoms with Gasteiger partial charge in [0, 0.05) is 18.7 Å². The van der Waals surface area contributed by atoms with Crippen molar-refractivity contribution in [2.75, 3.05) is 6.54 Å². The molecule has 1 heterocycles. The van der Waals surface area contributed by atoms with E-state index in [1.54, 1.807) is 19.1 Å². The number of amides is 2. The number of fused-ring (bicyclic) bond motifs is 1. The van der Waals surface area contributed by atoms with Gasteiger partial charge in [-0.3, -0.25) is 9.59 Å². The van der Waals surface area contributed by atoms with Crippen LogP contribution < -0.4 is 5.32 Å². The average molecular weight is 384 g/mol. The van der Waals surface area contributed by atoms with Gasteiger partial charge in [-0.05, 0) is 47.7 Å². The van der Waals surface area contributed by atoms with Gasteiger partial charge in [-0.2, -0.15) is 0 Å². The second-order valence-corrected chi connectivity index (χ2v) is 7.42. The van der Waals surface area contributed by atoms with Crippen molar-refractivity contribution in [2.24, 2.45) is 0 Å². The van der Waals surface area contributed by atoms with E-state index in [1.165, 1.54) is 11.1 Å². The maximum atomic E-state index is 12.8. The molecular formula is C25H24N2O2. The summed E-state index contributed by atoms with van der Waals surface area (Å²) in [5.74, 6) is -0.281. The molecular weight excluding hydrogens is 360 g/mol. The molecule has 0 aliphatic carbocycles. The Kier molecular flexibility index (Phi) is 5.43. The minimum Gasteiger partial charge on any atom is -0.341 e. The minimum absolute atomic E-state index is 0.0474. The molecule has 4 heteroatoms. The molecule has 3 aromatic carbocycles. The Morgan fingerprint density at radius 1 is 0.828 bits per heavy atom. The molecule has 0 spiro atoms. The maximum absolute atomic E-state index is 12.8. The zero-order valence-electron chi connectivity index (χ0n) is 16.5. The fourth-order valence-electron chi connectivity index (χ4n) is 3.74. The van der Waals surface area contributed by atoms with E-state index in [1.807, 2.05) is 59.5 Å². The Morgan fingerprint density at radius 3 is 2.17 bits per heavy atom. The molecule has 0 saturated heterocycles. The first-order valence-electron chi connectivity index (χ1n) is 9.94. The molecule has 29 heavy (non-hydrogen) atoms. The van der Waals surface area contributed by atoms with Crippen LogP contribution in [0.15, 0.2) is 78.9 Å². The molecule has 1 aliphatic rings. The number of carbonyl (C=O) groups excluding carboxylic acids is 2. The SMILES string of the molecule is C[C@H](NC(=O)c1ccc(-c2ccccc2)cc1)C(=O)N1CCc2ccccc2C1. The van der Waals surface area contributed by atoms with Gasteiger partial charge in [-0.15, -0.1) is 0 Å². The van der Waals surface area contributed by atoms with E-state index in [2.05, 4.69) is 17.4 Å². The van der Waals surface area contributed by atoms with Gasteiger partial charge >= 0.3 is 0 Å². The van der Waals surface area contributed by atoms with E-state index >= 15 is 0 Å². The molecule has 0 aromatic heterocycles. The third kappa shape index (κ3) is 4.21. The second-order valence-electron chi connectivity index (χ2n) is 7.42. The summed E-state index contributed by atoms with van der Waals surface area (Å²) in [7, 11) is 0. The van der Waals surface area contributed by atoms with E-state index < -0.39 is 6.04 Å². The van der Waals surface area contributed by atoms with Crippen molar-refractivity contribution in [2.45, 2.75) is 25.9 Å². The van der Waals surface area contributed by atoms with Gasteiger partial charge in [-0.25, -0.2) is 0 Å². The van der Waals surface area contributed by atoms with Gasteiger partial charge in [0.2, 0.25) is 5.91 Å². The quantitative estimate of drug-likeness (QED) is 0.738. The number of rotatable bonds is 4. The van der Waals surface area contributed by atoms with Crippen LogP contribution in [0.5, 0.6) is 0 Å². The van der Waals surface area contributed by atoms with Gasteiger partial charge in [0.05, 0.1) is 0 Å². The van der Waals surface area contributed by atoms with E-state index in [-0.39, 0.29) is 11.8 Å². The number of hydrogen-bond acceptors (Lipinski definition) is 2. The van der Waals surface area contributed by atoms with Gasteiger partial charge in [0.15, 0.2) is 0 Å². The first kappa shape index (κ1) is 18.9. The highest BCUT2D eigenvalue weighted by Crippen LogP contribution is 2.20. The van der Waals surface area contributed by atoms with Crippen molar-refractivity contribution in [3.63, 3.8) is 0 Å². The summed E-state index contributed by atoms with van der Waals surface area (Å²) in [5, 5.41) is 2.85. The standard InChI is InChI=1S/C25H24N2O2/c1-18(25(29)27-16-15-20-9-5-6-10-23(20)17-27)26-24(28)22-13-11-21(12-14-22)19-7-3-2-4-8-19/h2-14,18H,15-17H2,1H3,(H,26,28)/t18-/m0/s1. The van der Waals surface area contributed by atoms with Crippen LogP contribution in [0, 0.1) is 0 Å². The lowest BCUT2D eigenvalue weighted by atomic mass is 9.99. The Hall–Kier alpha value is -3.40. The molecule has 1 aliphatic heterocycles. The molecule has 0 unspecified atom stereocenters. The lowest BCUT2D eigenvalue weighted by Crippen LogP contribution is -2.48. The largest absolute Gasteiger partial charge is 0.341 e. The summed E-state index contributed by atoms with van der Waals surface area (Å²) in [4.78, 5) is 27.3. The zero-order valence-corrected chi connectivity index (χ0v) is 16.5. The summed E-state index contributed by atoms with van der Waals surface area (Å²) in [5.41, 5.74) is 5.19. The molecule has 0 saturated carbocycles. The first-order chi connectivity index (χ1) is 14.1. The van der Waals surface area contributed by atoms with Crippen molar-refractivity contribution in [1.29, 1.82) is 0 Å². The molecule has 0 bridgehead atoms. The van der Waals surface area contributed by atoms with Crippen LogP contribution in [-0.2, 0) is 17.8 Å². The third-order valence-corrected chi connectivity index (χ3v) is 5.41. The third-order valence-electron chi connectivity index (χ3n) is 5.41. The lowest BCUT2D eigenvalue weighted by Gasteiger charge is -2.31. The van der Waals surface area contributed by atoms with Crippen LogP contribution in [0.3, 0.4) is 0 Å². The van der Waals surface area contributed by atoms with Crippen LogP contribution in [0.4, 0.5) is 0 Å². The molecule has 146 valence electrons. The summed E-state index contributed by atoms with van der Waals surface area (Å²) in [6.45, 7) is 3.03. The Balaban J connectivity index is 1.38. The fraction of sp³-hybridized carbons (Fsp3) is 0.200. The second kappa shape index (κ2) is 8.31. The fourth-order valence-corrected chi connectivity index (χ4v) is 3.74. The molecule has 2 amide bonds. The number of benzene rings is 3. The highest BCUT2D eigenvalue weighted by Gasteiger charge is 2.25. The highest BCUT2D eigenvalue weighted by atomic mass is 16.2. The molecule has 1 N–H and O–H groups in total. The lowest BCUT2D eigenvalue weighted by molar-refractivity contribution is -0.133. The topological polar surface area (TPSA) is 49.4 Å². The molecule has 4 nitrogen and oxygen atoms in total. The van der Waals surface area contributed by atoms with Gasteiger partial charge in [0.25, 0.3) is 5.91 Å². The Labute approximate surface area is 171 Å². The first-order valence-corrected chi connectivity index (χ1v) is 9.94. The molecule has 0 fully saturated rings. The minimum atomic E-state index is -0.568. The summed E-state index contributed by atoms with van der Waals surface area (Å²) in [6.07, 6.45) is 0.851.